The minimum atomic E-state index is 0.686. The summed E-state index contributed by atoms with van der Waals surface area (Å²) >= 11 is 0. The van der Waals surface area contributed by atoms with Crippen molar-refractivity contribution >= 4 is 5.95 Å². The second-order valence-corrected chi connectivity index (χ2v) is 5.22. The first-order valence-electron chi connectivity index (χ1n) is 6.73. The van der Waals surface area contributed by atoms with Gasteiger partial charge in [-0.05, 0) is 25.7 Å². The molecule has 0 aromatic carbocycles. The second-order valence-electron chi connectivity index (χ2n) is 5.22. The summed E-state index contributed by atoms with van der Waals surface area (Å²) in [5.74, 6) is 1.11. The molecule has 2 aliphatic carbocycles. The van der Waals surface area contributed by atoms with E-state index in [1.54, 1.807) is 0 Å². The minimum Gasteiger partial charge on any atom is -0.353 e. The summed E-state index contributed by atoms with van der Waals surface area (Å²) in [6.45, 7) is 0. The third-order valence-electron chi connectivity index (χ3n) is 3.80. The largest absolute Gasteiger partial charge is 0.353 e. The van der Waals surface area contributed by atoms with Crippen LogP contribution in [0.3, 0.4) is 0 Å². The highest BCUT2D eigenvalue weighted by Gasteiger charge is 2.24. The lowest BCUT2D eigenvalue weighted by Gasteiger charge is -2.19. The van der Waals surface area contributed by atoms with E-state index in [-0.39, 0.29) is 0 Å². The minimum absolute atomic E-state index is 0.686. The average Bonchev–Trinajstić information content (AvgIpc) is 3.04. The van der Waals surface area contributed by atoms with Gasteiger partial charge in [0, 0.05) is 24.5 Å². The maximum Gasteiger partial charge on any atom is 0.203 e. The number of hydrogen-bond donors (Lipinski definition) is 1. The van der Waals surface area contributed by atoms with E-state index in [0.29, 0.717) is 12.1 Å². The van der Waals surface area contributed by atoms with Gasteiger partial charge in [0.25, 0.3) is 0 Å². The van der Waals surface area contributed by atoms with Gasteiger partial charge in [-0.15, -0.1) is 0 Å². The molecular formula is C13H21N3. The molecule has 0 spiro atoms. The second kappa shape index (κ2) is 4.48. The zero-order chi connectivity index (χ0) is 10.8. The third kappa shape index (κ3) is 2.23. The highest BCUT2D eigenvalue weighted by molar-refractivity contribution is 5.30. The van der Waals surface area contributed by atoms with Crippen LogP contribution in [0.25, 0.3) is 0 Å². The van der Waals surface area contributed by atoms with Crippen molar-refractivity contribution in [2.75, 3.05) is 5.32 Å². The molecule has 0 aliphatic heterocycles. The molecule has 0 atom stereocenters. The number of aromatic nitrogens is 2. The van der Waals surface area contributed by atoms with E-state index in [1.165, 1.54) is 51.4 Å². The monoisotopic (exact) mass is 219 g/mol. The van der Waals surface area contributed by atoms with Crippen molar-refractivity contribution in [3.8, 4) is 0 Å². The van der Waals surface area contributed by atoms with Crippen LogP contribution in [0.5, 0.6) is 0 Å². The lowest BCUT2D eigenvalue weighted by molar-refractivity contribution is 0.447. The number of hydrogen-bond acceptors (Lipinski definition) is 2. The molecule has 2 aliphatic rings. The van der Waals surface area contributed by atoms with Crippen LogP contribution in [0.2, 0.25) is 0 Å². The first-order chi connectivity index (χ1) is 7.93. The number of imidazole rings is 1. The van der Waals surface area contributed by atoms with Gasteiger partial charge in [-0.1, -0.05) is 25.7 Å². The first-order valence-corrected chi connectivity index (χ1v) is 6.73. The molecule has 0 radical (unpaired) electrons. The quantitative estimate of drug-likeness (QED) is 0.790. The highest BCUT2D eigenvalue weighted by Crippen LogP contribution is 2.31. The summed E-state index contributed by atoms with van der Waals surface area (Å²) in [7, 11) is 0. The summed E-state index contributed by atoms with van der Waals surface area (Å²) < 4.78 is 2.38. The summed E-state index contributed by atoms with van der Waals surface area (Å²) in [5.41, 5.74) is 0. The van der Waals surface area contributed by atoms with Gasteiger partial charge in [-0.25, -0.2) is 4.98 Å². The Kier molecular flexibility index (Phi) is 2.85. The zero-order valence-corrected chi connectivity index (χ0v) is 9.86. The number of rotatable bonds is 3. The van der Waals surface area contributed by atoms with Crippen molar-refractivity contribution in [3.63, 3.8) is 0 Å². The molecule has 0 saturated heterocycles. The smallest absolute Gasteiger partial charge is 0.203 e. The molecule has 3 heteroatoms. The maximum atomic E-state index is 4.45. The Labute approximate surface area is 97.3 Å². The average molecular weight is 219 g/mol. The lowest BCUT2D eigenvalue weighted by atomic mass is 10.1. The predicted octanol–water partition coefficient (Wildman–Crippen LogP) is 3.35. The molecule has 1 N–H and O–H groups in total. The van der Waals surface area contributed by atoms with Crippen LogP contribution in [0.1, 0.15) is 57.4 Å². The summed E-state index contributed by atoms with van der Waals surface area (Å²) in [6, 6.07) is 1.39. The summed E-state index contributed by atoms with van der Waals surface area (Å²) in [6.07, 6.45) is 15.0. The van der Waals surface area contributed by atoms with Crippen LogP contribution < -0.4 is 5.32 Å². The van der Waals surface area contributed by atoms with Gasteiger partial charge in [-0.2, -0.15) is 0 Å². The summed E-state index contributed by atoms with van der Waals surface area (Å²) in [4.78, 5) is 4.45. The Balaban J connectivity index is 1.72. The van der Waals surface area contributed by atoms with E-state index in [4.69, 9.17) is 0 Å². The van der Waals surface area contributed by atoms with Gasteiger partial charge in [0.05, 0.1) is 0 Å². The van der Waals surface area contributed by atoms with Gasteiger partial charge in [0.1, 0.15) is 0 Å². The third-order valence-corrected chi connectivity index (χ3v) is 3.80. The number of anilines is 1. The van der Waals surface area contributed by atoms with Crippen LogP contribution in [0, 0.1) is 0 Å². The lowest BCUT2D eigenvalue weighted by Crippen LogP contribution is -2.13. The fraction of sp³-hybridized carbons (Fsp3) is 0.769. The van der Waals surface area contributed by atoms with Gasteiger partial charge >= 0.3 is 0 Å². The van der Waals surface area contributed by atoms with Crippen molar-refractivity contribution in [1.29, 1.82) is 0 Å². The van der Waals surface area contributed by atoms with Crippen LogP contribution in [0.15, 0.2) is 12.4 Å². The Morgan fingerprint density at radius 2 is 1.81 bits per heavy atom. The van der Waals surface area contributed by atoms with Gasteiger partial charge < -0.3 is 9.88 Å². The molecule has 1 aromatic heterocycles. The molecule has 1 aromatic rings. The van der Waals surface area contributed by atoms with Gasteiger partial charge in [0.15, 0.2) is 0 Å². The Morgan fingerprint density at radius 1 is 1.06 bits per heavy atom. The normalized spacial score (nSPS) is 23.0. The Morgan fingerprint density at radius 3 is 2.50 bits per heavy atom. The number of nitrogens with zero attached hydrogens (tertiary/aromatic N) is 2. The summed E-state index contributed by atoms with van der Waals surface area (Å²) in [5, 5.41) is 3.53. The van der Waals surface area contributed by atoms with Crippen molar-refractivity contribution in [3.05, 3.63) is 12.4 Å². The Hall–Kier alpha value is -0.990. The zero-order valence-electron chi connectivity index (χ0n) is 9.86. The topological polar surface area (TPSA) is 29.9 Å². The van der Waals surface area contributed by atoms with Crippen molar-refractivity contribution in [2.24, 2.45) is 0 Å². The van der Waals surface area contributed by atoms with Crippen molar-refractivity contribution in [1.82, 2.24) is 9.55 Å². The molecule has 3 rings (SSSR count). The number of nitrogens with one attached hydrogen (secondary N) is 1. The molecule has 0 unspecified atom stereocenters. The predicted molar refractivity (Wildman–Crippen MR) is 65.6 cm³/mol. The van der Waals surface area contributed by atoms with Crippen LogP contribution in [0.4, 0.5) is 5.95 Å². The van der Waals surface area contributed by atoms with E-state index in [0.717, 1.165) is 5.95 Å². The Bertz CT molecular complexity index is 333. The van der Waals surface area contributed by atoms with Gasteiger partial charge in [-0.3, -0.25) is 0 Å². The van der Waals surface area contributed by atoms with E-state index in [1.807, 2.05) is 6.20 Å². The maximum absolute atomic E-state index is 4.45. The van der Waals surface area contributed by atoms with Crippen molar-refractivity contribution in [2.45, 2.75) is 63.5 Å². The molecule has 88 valence electrons. The standard InChI is InChI=1S/C13H21N3/c1-2-4-6-12(5-3-1)16-10-9-14-13(16)15-11-7-8-11/h9-12H,1-8H2,(H,14,15). The molecular weight excluding hydrogens is 198 g/mol. The van der Waals surface area contributed by atoms with E-state index >= 15 is 0 Å². The molecule has 2 saturated carbocycles. The van der Waals surface area contributed by atoms with Crippen molar-refractivity contribution < 1.29 is 0 Å². The van der Waals surface area contributed by atoms with E-state index in [9.17, 15) is 0 Å². The van der Waals surface area contributed by atoms with E-state index in [2.05, 4.69) is 21.1 Å². The molecule has 0 bridgehead atoms. The fourth-order valence-electron chi connectivity index (χ4n) is 2.67. The first kappa shape index (κ1) is 10.2. The van der Waals surface area contributed by atoms with Crippen LogP contribution in [-0.4, -0.2) is 15.6 Å². The fourth-order valence-corrected chi connectivity index (χ4v) is 2.67. The molecule has 16 heavy (non-hydrogen) atoms. The van der Waals surface area contributed by atoms with Gasteiger partial charge in [0.2, 0.25) is 5.95 Å². The highest BCUT2D eigenvalue weighted by atomic mass is 15.2. The van der Waals surface area contributed by atoms with Crippen LogP contribution >= 0.6 is 0 Å². The van der Waals surface area contributed by atoms with E-state index < -0.39 is 0 Å². The van der Waals surface area contributed by atoms with Crippen LogP contribution in [-0.2, 0) is 0 Å². The molecule has 2 fully saturated rings. The SMILES string of the molecule is c1cn(C2CCCCCC2)c(NC2CC2)n1. The molecule has 3 nitrogen and oxygen atoms in total. The molecule has 0 amide bonds. The molecule has 1 heterocycles.